The number of benzene rings is 2. The van der Waals surface area contributed by atoms with E-state index in [4.69, 9.17) is 0 Å². The van der Waals surface area contributed by atoms with E-state index in [1.54, 1.807) is 0 Å². The van der Waals surface area contributed by atoms with Crippen molar-refractivity contribution in [1.82, 2.24) is 10.2 Å². The van der Waals surface area contributed by atoms with Crippen molar-refractivity contribution in [3.05, 3.63) is 71.8 Å². The van der Waals surface area contributed by atoms with Gasteiger partial charge in [-0.25, -0.2) is 0 Å². The molecule has 0 bridgehead atoms. The average Bonchev–Trinajstić information content (AvgIpc) is 2.59. The lowest BCUT2D eigenvalue weighted by molar-refractivity contribution is -0.133. The van der Waals surface area contributed by atoms with Gasteiger partial charge in [0.25, 0.3) is 0 Å². The van der Waals surface area contributed by atoms with Crippen LogP contribution >= 0.6 is 0 Å². The zero-order valence-corrected chi connectivity index (χ0v) is 14.0. The molecule has 124 valence electrons. The Kier molecular flexibility index (Phi) is 4.76. The summed E-state index contributed by atoms with van der Waals surface area (Å²) in [5, 5.41) is 2.85. The van der Waals surface area contributed by atoms with Gasteiger partial charge in [0.05, 0.1) is 6.04 Å². The Balaban J connectivity index is 2.00. The fourth-order valence-corrected chi connectivity index (χ4v) is 3.55. The van der Waals surface area contributed by atoms with Crippen molar-refractivity contribution < 1.29 is 9.59 Å². The minimum atomic E-state index is -0.519. The maximum atomic E-state index is 12.8. The molecule has 24 heavy (non-hydrogen) atoms. The van der Waals surface area contributed by atoms with Crippen LogP contribution < -0.4 is 5.32 Å². The molecule has 1 amide bonds. The van der Waals surface area contributed by atoms with E-state index in [1.165, 1.54) is 6.92 Å². The molecule has 1 fully saturated rings. The number of likely N-dealkylation sites (N-methyl/N-ethyl adjacent to an activating group) is 1. The van der Waals surface area contributed by atoms with Crippen LogP contribution in [0.5, 0.6) is 0 Å². The summed E-state index contributed by atoms with van der Waals surface area (Å²) >= 11 is 0. The Labute approximate surface area is 142 Å². The lowest BCUT2D eigenvalue weighted by Crippen LogP contribution is -2.54. The van der Waals surface area contributed by atoms with Gasteiger partial charge in [-0.1, -0.05) is 60.7 Å². The summed E-state index contributed by atoms with van der Waals surface area (Å²) in [6, 6.07) is 19.3. The first-order chi connectivity index (χ1) is 11.6. The monoisotopic (exact) mass is 322 g/mol. The molecule has 0 aromatic heterocycles. The number of piperidine rings is 1. The topological polar surface area (TPSA) is 49.4 Å². The van der Waals surface area contributed by atoms with Crippen LogP contribution in [0.1, 0.15) is 36.6 Å². The molecule has 1 N–H and O–H groups in total. The fourth-order valence-electron chi connectivity index (χ4n) is 3.55. The van der Waals surface area contributed by atoms with Crippen LogP contribution in [0.3, 0.4) is 0 Å². The van der Waals surface area contributed by atoms with Crippen molar-refractivity contribution in [2.45, 2.75) is 31.5 Å². The quantitative estimate of drug-likeness (QED) is 0.945. The third kappa shape index (κ3) is 3.24. The summed E-state index contributed by atoms with van der Waals surface area (Å²) in [6.45, 7) is 1.46. The largest absolute Gasteiger partial charge is 0.345 e. The predicted molar refractivity (Wildman–Crippen MR) is 93.4 cm³/mol. The second kappa shape index (κ2) is 6.97. The van der Waals surface area contributed by atoms with Gasteiger partial charge in [-0.15, -0.1) is 0 Å². The highest BCUT2D eigenvalue weighted by molar-refractivity contribution is 5.90. The Hall–Kier alpha value is -2.46. The lowest BCUT2D eigenvalue weighted by atomic mass is 9.83. The second-order valence-electron chi connectivity index (χ2n) is 6.30. The van der Waals surface area contributed by atoms with Gasteiger partial charge in [0, 0.05) is 19.4 Å². The second-order valence-corrected chi connectivity index (χ2v) is 6.30. The van der Waals surface area contributed by atoms with Crippen LogP contribution in [0.15, 0.2) is 60.7 Å². The number of Topliss-reactive ketones (excluding diaryl/α,β-unsaturated/α-hetero) is 1. The fraction of sp³-hybridized carbons (Fsp3) is 0.300. The number of amides is 1. The van der Waals surface area contributed by atoms with Crippen molar-refractivity contribution in [2.75, 3.05) is 7.05 Å². The van der Waals surface area contributed by atoms with Gasteiger partial charge in [0.2, 0.25) is 5.91 Å². The first-order valence-corrected chi connectivity index (χ1v) is 8.19. The van der Waals surface area contributed by atoms with Gasteiger partial charge in [-0.2, -0.15) is 0 Å². The highest BCUT2D eigenvalue weighted by Crippen LogP contribution is 2.38. The molecule has 0 saturated carbocycles. The maximum Gasteiger partial charge on any atom is 0.217 e. The number of likely N-dealkylation sites (tertiary alicyclic amines) is 1. The molecule has 0 unspecified atom stereocenters. The molecule has 4 nitrogen and oxygen atoms in total. The molecule has 2 aromatic carbocycles. The molecular formula is C20H22N2O2. The van der Waals surface area contributed by atoms with E-state index in [1.807, 2.05) is 55.6 Å². The number of carbonyl (C=O) groups is 2. The van der Waals surface area contributed by atoms with E-state index in [0.717, 1.165) is 11.1 Å². The average molecular weight is 322 g/mol. The van der Waals surface area contributed by atoms with E-state index < -0.39 is 6.04 Å². The van der Waals surface area contributed by atoms with Gasteiger partial charge in [0.15, 0.2) is 5.78 Å². The van der Waals surface area contributed by atoms with Crippen molar-refractivity contribution >= 4 is 11.7 Å². The third-order valence-electron chi connectivity index (χ3n) is 4.67. The van der Waals surface area contributed by atoms with Crippen LogP contribution in [0, 0.1) is 0 Å². The molecular weight excluding hydrogens is 300 g/mol. The van der Waals surface area contributed by atoms with Crippen LogP contribution in [0.2, 0.25) is 0 Å². The lowest BCUT2D eigenvalue weighted by Gasteiger charge is -2.44. The van der Waals surface area contributed by atoms with Gasteiger partial charge >= 0.3 is 0 Å². The smallest absolute Gasteiger partial charge is 0.217 e. The summed E-state index contributed by atoms with van der Waals surface area (Å²) in [7, 11) is 2.02. The number of carbonyl (C=O) groups excluding carboxylic acids is 2. The number of hydrogen-bond donors (Lipinski definition) is 1. The molecule has 1 aliphatic rings. The number of rotatable bonds is 3. The number of nitrogens with one attached hydrogen (secondary N) is 1. The number of nitrogens with zero attached hydrogens (tertiary/aromatic N) is 1. The minimum Gasteiger partial charge on any atom is -0.345 e. The normalized spacial score (nSPS) is 24.6. The van der Waals surface area contributed by atoms with Crippen molar-refractivity contribution in [3.8, 4) is 0 Å². The highest BCUT2D eigenvalue weighted by Gasteiger charge is 2.42. The van der Waals surface area contributed by atoms with Crippen LogP contribution in [-0.4, -0.2) is 29.7 Å². The SMILES string of the molecule is CC(=O)N[C@H]1C(=O)C[C@@H](c2ccccc2)N(C)[C@H]1c1ccccc1. The standard InChI is InChI=1S/C20H22N2O2/c1-14(23)21-19-18(24)13-17(15-9-5-3-6-10-15)22(2)20(19)16-11-7-4-8-12-16/h3-12,17,19-20H,13H2,1-2H3,(H,21,23)/t17-,19-,20-/m0/s1. The molecule has 0 radical (unpaired) electrons. The molecule has 3 rings (SSSR count). The summed E-state index contributed by atoms with van der Waals surface area (Å²) in [5.74, 6) is -0.105. The van der Waals surface area contributed by atoms with Crippen molar-refractivity contribution in [2.24, 2.45) is 0 Å². The Morgan fingerprint density at radius 3 is 2.08 bits per heavy atom. The molecule has 0 spiro atoms. The highest BCUT2D eigenvalue weighted by atomic mass is 16.2. The first kappa shape index (κ1) is 16.4. The molecule has 1 saturated heterocycles. The summed E-state index contributed by atoms with van der Waals surface area (Å²) < 4.78 is 0. The predicted octanol–water partition coefficient (Wildman–Crippen LogP) is 2.88. The summed E-state index contributed by atoms with van der Waals surface area (Å²) in [4.78, 5) is 26.6. The minimum absolute atomic E-state index is 0.00825. The molecule has 1 heterocycles. The third-order valence-corrected chi connectivity index (χ3v) is 4.67. The molecule has 4 heteroatoms. The van der Waals surface area contributed by atoms with Crippen LogP contribution in [0.25, 0.3) is 0 Å². The van der Waals surface area contributed by atoms with E-state index in [0.29, 0.717) is 6.42 Å². The van der Waals surface area contributed by atoms with Gasteiger partial charge in [-0.05, 0) is 18.2 Å². The summed E-state index contributed by atoms with van der Waals surface area (Å²) in [6.07, 6.45) is 0.398. The number of ketones is 1. The number of hydrogen-bond acceptors (Lipinski definition) is 3. The zero-order valence-electron chi connectivity index (χ0n) is 14.0. The van der Waals surface area contributed by atoms with Gasteiger partial charge in [0.1, 0.15) is 6.04 Å². The van der Waals surface area contributed by atoms with Crippen LogP contribution in [0.4, 0.5) is 0 Å². The molecule has 1 aliphatic heterocycles. The van der Waals surface area contributed by atoms with E-state index >= 15 is 0 Å². The van der Waals surface area contributed by atoms with Crippen LogP contribution in [-0.2, 0) is 9.59 Å². The van der Waals surface area contributed by atoms with E-state index in [9.17, 15) is 9.59 Å². The van der Waals surface area contributed by atoms with Gasteiger partial charge < -0.3 is 5.32 Å². The van der Waals surface area contributed by atoms with Crippen molar-refractivity contribution in [1.29, 1.82) is 0 Å². The first-order valence-electron chi connectivity index (χ1n) is 8.19. The zero-order chi connectivity index (χ0) is 17.1. The maximum absolute atomic E-state index is 12.8. The molecule has 0 aliphatic carbocycles. The van der Waals surface area contributed by atoms with E-state index in [2.05, 4.69) is 22.3 Å². The Morgan fingerprint density at radius 2 is 1.54 bits per heavy atom. The van der Waals surface area contributed by atoms with Gasteiger partial charge in [-0.3, -0.25) is 14.5 Å². The Morgan fingerprint density at radius 1 is 1.00 bits per heavy atom. The molecule has 2 aromatic rings. The Bertz CT molecular complexity index is 715. The molecule has 3 atom stereocenters. The van der Waals surface area contributed by atoms with E-state index in [-0.39, 0.29) is 23.8 Å². The van der Waals surface area contributed by atoms with Crippen molar-refractivity contribution in [3.63, 3.8) is 0 Å². The summed E-state index contributed by atoms with van der Waals surface area (Å²) in [5.41, 5.74) is 2.16.